The van der Waals surface area contributed by atoms with E-state index in [1.165, 1.54) is 6.42 Å². The van der Waals surface area contributed by atoms with Crippen molar-refractivity contribution in [2.24, 2.45) is 5.92 Å². The maximum absolute atomic E-state index is 11.6. The van der Waals surface area contributed by atoms with Crippen molar-refractivity contribution in [2.45, 2.75) is 107 Å². The third kappa shape index (κ3) is 19.0. The number of carbonyl (C=O) groups excluding carboxylic acids is 6. The number of amides is 4. The van der Waals surface area contributed by atoms with Gasteiger partial charge in [0.2, 0.25) is 0 Å². The van der Waals surface area contributed by atoms with Crippen molar-refractivity contribution in [1.29, 1.82) is 0 Å². The van der Waals surface area contributed by atoms with Crippen LogP contribution in [0.5, 0.6) is 0 Å². The summed E-state index contributed by atoms with van der Waals surface area (Å²) < 4.78 is 0. The van der Waals surface area contributed by atoms with Crippen molar-refractivity contribution < 1.29 is 38.4 Å². The van der Waals surface area contributed by atoms with Crippen molar-refractivity contribution in [2.75, 3.05) is 0 Å². The zero-order valence-corrected chi connectivity index (χ0v) is 22.6. The number of allylic oxidation sites excluding steroid dienone is 2. The Hall–Kier alpha value is -3.04. The highest BCUT2D eigenvalue weighted by molar-refractivity contribution is 6.01. The van der Waals surface area contributed by atoms with E-state index in [9.17, 15) is 28.8 Å². The molecule has 0 N–H and O–H groups in total. The zero-order valence-electron chi connectivity index (χ0n) is 22.6. The average molecular weight is 501 g/mol. The van der Waals surface area contributed by atoms with E-state index in [0.717, 1.165) is 19.8 Å². The summed E-state index contributed by atoms with van der Waals surface area (Å²) in [4.78, 5) is 74.7. The molecule has 35 heavy (non-hydrogen) atoms. The Balaban J connectivity index is -0.000000536. The van der Waals surface area contributed by atoms with Gasteiger partial charge < -0.3 is 9.68 Å². The molecule has 1 unspecified atom stereocenters. The molecule has 1 aliphatic heterocycles. The minimum absolute atomic E-state index is 0.0715. The first-order chi connectivity index (χ1) is 16.6. The van der Waals surface area contributed by atoms with E-state index in [2.05, 4.69) is 18.7 Å². The molecule has 4 amide bonds. The topological polar surface area (TPSA) is 127 Å². The Morgan fingerprint density at radius 1 is 1.03 bits per heavy atom. The fraction of sp³-hybridized carbons (Fsp3) is 0.680. The van der Waals surface area contributed by atoms with Crippen molar-refractivity contribution in [1.82, 2.24) is 10.1 Å². The quantitative estimate of drug-likeness (QED) is 0.193. The SMILES string of the molecule is CC.CC(=O)ON1C(=O)CCC1=O.CC/C=C/C(CC)CC(=O)ON(C=O)C(=O)CCC.CCC. The molecular weight excluding hydrogens is 456 g/mol. The number of rotatable bonds is 9. The lowest BCUT2D eigenvalue weighted by Gasteiger charge is -2.15. The van der Waals surface area contributed by atoms with Crippen LogP contribution in [-0.2, 0) is 38.4 Å². The summed E-state index contributed by atoms with van der Waals surface area (Å²) >= 11 is 0. The van der Waals surface area contributed by atoms with Crippen LogP contribution in [0.4, 0.5) is 0 Å². The molecule has 0 aromatic carbocycles. The maximum atomic E-state index is 11.6. The lowest BCUT2D eigenvalue weighted by Crippen LogP contribution is -2.32. The molecule has 1 fully saturated rings. The number of hydrogen-bond donors (Lipinski definition) is 0. The highest BCUT2D eigenvalue weighted by Crippen LogP contribution is 2.13. The van der Waals surface area contributed by atoms with Gasteiger partial charge in [0.25, 0.3) is 24.1 Å². The van der Waals surface area contributed by atoms with E-state index in [-0.39, 0.29) is 38.0 Å². The normalized spacial score (nSPS) is 12.7. The summed E-state index contributed by atoms with van der Waals surface area (Å²) in [6.45, 7) is 15.2. The molecule has 0 aliphatic carbocycles. The minimum Gasteiger partial charge on any atom is -0.331 e. The Labute approximate surface area is 209 Å². The first-order valence-corrected chi connectivity index (χ1v) is 12.3. The standard InChI is InChI=1S/C14H23NO4.C6H7NO4.C3H8.C2H6/c1-4-7-9-12(6-3)10-14(18)19-15(11-16)13(17)8-5-2;1-4(8)11-7-5(9)2-3-6(7)10;1-3-2;1-2/h7,9,11-12H,4-6,8,10H2,1-3H3;2-3H2,1H3;3H2,1-2H3;1-2H3/b9-7+;;;. The van der Waals surface area contributed by atoms with Crippen LogP contribution < -0.4 is 0 Å². The van der Waals surface area contributed by atoms with Crippen LogP contribution >= 0.6 is 0 Å². The summed E-state index contributed by atoms with van der Waals surface area (Å²) in [5.74, 6) is -2.56. The van der Waals surface area contributed by atoms with Crippen LogP contribution in [0.25, 0.3) is 0 Å². The van der Waals surface area contributed by atoms with Gasteiger partial charge in [-0.15, -0.1) is 10.1 Å². The molecular formula is C25H44N2O8. The third-order valence-electron chi connectivity index (χ3n) is 3.83. The predicted molar refractivity (Wildman–Crippen MR) is 132 cm³/mol. The largest absolute Gasteiger partial charge is 0.333 e. The van der Waals surface area contributed by atoms with Gasteiger partial charge in [0.1, 0.15) is 0 Å². The van der Waals surface area contributed by atoms with E-state index in [0.29, 0.717) is 16.5 Å². The van der Waals surface area contributed by atoms with Crippen molar-refractivity contribution in [3.05, 3.63) is 12.2 Å². The molecule has 1 atom stereocenters. The van der Waals surface area contributed by atoms with Crippen LogP contribution in [0, 0.1) is 5.92 Å². The maximum Gasteiger partial charge on any atom is 0.333 e. The van der Waals surface area contributed by atoms with Crippen LogP contribution in [0.3, 0.4) is 0 Å². The molecule has 0 saturated carbocycles. The molecule has 1 saturated heterocycles. The Kier molecular flexibility index (Phi) is 25.1. The summed E-state index contributed by atoms with van der Waals surface area (Å²) in [5, 5.41) is 1.00. The molecule has 0 radical (unpaired) electrons. The summed E-state index contributed by atoms with van der Waals surface area (Å²) in [7, 11) is 0. The highest BCUT2D eigenvalue weighted by atomic mass is 16.7. The second-order valence-corrected chi connectivity index (χ2v) is 7.12. The zero-order chi connectivity index (χ0) is 27.8. The summed E-state index contributed by atoms with van der Waals surface area (Å²) in [5.41, 5.74) is 0. The lowest BCUT2D eigenvalue weighted by molar-refractivity contribution is -0.197. The molecule has 202 valence electrons. The number of hydroxylamine groups is 4. The van der Waals surface area contributed by atoms with E-state index in [1.54, 1.807) is 0 Å². The molecule has 1 rings (SSSR count). The molecule has 0 bridgehead atoms. The van der Waals surface area contributed by atoms with Crippen molar-refractivity contribution in [3.63, 3.8) is 0 Å². The number of hydrogen-bond acceptors (Lipinski definition) is 8. The monoisotopic (exact) mass is 500 g/mol. The van der Waals surface area contributed by atoms with Gasteiger partial charge in [-0.25, -0.2) is 9.59 Å². The number of carbonyl (C=O) groups is 6. The molecule has 10 heteroatoms. The predicted octanol–water partition coefficient (Wildman–Crippen LogP) is 4.67. The van der Waals surface area contributed by atoms with E-state index in [1.807, 2.05) is 46.8 Å². The van der Waals surface area contributed by atoms with Gasteiger partial charge in [0, 0.05) is 26.2 Å². The van der Waals surface area contributed by atoms with Crippen LogP contribution in [0.15, 0.2) is 12.2 Å². The smallest absolute Gasteiger partial charge is 0.331 e. The van der Waals surface area contributed by atoms with Crippen molar-refractivity contribution in [3.8, 4) is 0 Å². The molecule has 10 nitrogen and oxygen atoms in total. The second kappa shape index (κ2) is 24.1. The summed E-state index contributed by atoms with van der Waals surface area (Å²) in [6.07, 6.45) is 8.34. The highest BCUT2D eigenvalue weighted by Gasteiger charge is 2.31. The Bertz CT molecular complexity index is 660. The van der Waals surface area contributed by atoms with E-state index in [4.69, 9.17) is 4.84 Å². The molecule has 0 aromatic rings. The third-order valence-corrected chi connectivity index (χ3v) is 3.83. The van der Waals surface area contributed by atoms with E-state index >= 15 is 0 Å². The number of imide groups is 2. The lowest BCUT2D eigenvalue weighted by atomic mass is 10.0. The Morgan fingerprint density at radius 2 is 1.54 bits per heavy atom. The van der Waals surface area contributed by atoms with Crippen molar-refractivity contribution >= 4 is 36.1 Å². The van der Waals surface area contributed by atoms with Crippen LogP contribution in [0.1, 0.15) is 107 Å². The van der Waals surface area contributed by atoms with Gasteiger partial charge in [-0.1, -0.05) is 67.0 Å². The van der Waals surface area contributed by atoms with Crippen LogP contribution in [0.2, 0.25) is 0 Å². The van der Waals surface area contributed by atoms with Gasteiger partial charge in [-0.3, -0.25) is 19.2 Å². The Morgan fingerprint density at radius 3 is 1.91 bits per heavy atom. The fourth-order valence-corrected chi connectivity index (χ4v) is 2.28. The van der Waals surface area contributed by atoms with Gasteiger partial charge >= 0.3 is 11.9 Å². The molecule has 1 heterocycles. The molecule has 0 aromatic heterocycles. The van der Waals surface area contributed by atoms with Gasteiger partial charge in [-0.05, 0) is 25.2 Å². The molecule has 1 aliphatic rings. The number of nitrogens with zero attached hydrogens (tertiary/aromatic N) is 2. The first kappa shape index (κ1) is 36.5. The van der Waals surface area contributed by atoms with Crippen LogP contribution in [-0.4, -0.2) is 46.2 Å². The second-order valence-electron chi connectivity index (χ2n) is 7.12. The first-order valence-electron chi connectivity index (χ1n) is 12.3. The van der Waals surface area contributed by atoms with Gasteiger partial charge in [0.15, 0.2) is 0 Å². The van der Waals surface area contributed by atoms with E-state index < -0.39 is 29.7 Å². The average Bonchev–Trinajstić information content (AvgIpc) is 3.14. The summed E-state index contributed by atoms with van der Waals surface area (Å²) in [6, 6.07) is 0. The minimum atomic E-state index is -0.659. The van der Waals surface area contributed by atoms with Gasteiger partial charge in [-0.2, -0.15) is 0 Å². The van der Waals surface area contributed by atoms with Gasteiger partial charge in [0.05, 0.1) is 6.42 Å². The molecule has 0 spiro atoms. The fourth-order valence-electron chi connectivity index (χ4n) is 2.28.